The molecule has 12 heteroatoms. The Balaban J connectivity index is 0.00000188. The van der Waals surface area contributed by atoms with Gasteiger partial charge in [0.1, 0.15) is 41.1 Å². The number of ether oxygens (including phenoxy) is 2. The van der Waals surface area contributed by atoms with E-state index in [1.54, 1.807) is 17.6 Å². The van der Waals surface area contributed by atoms with Crippen LogP contribution in [-0.2, 0) is 24.3 Å². The van der Waals surface area contributed by atoms with Gasteiger partial charge in [-0.3, -0.25) is 4.98 Å². The number of carboxylic acid groups (broad SMARTS) is 1. The Hall–Kier alpha value is -4.84. The number of hydrogen-bond acceptors (Lipinski definition) is 7. The number of carboxylic acids is 1. The monoisotopic (exact) mass is 605 g/mol. The number of hydrogen-bond donors (Lipinski definition) is 1. The second-order valence-corrected chi connectivity index (χ2v) is 9.96. The molecule has 0 aliphatic carbocycles. The molecule has 1 atom stereocenters. The Bertz CT molecular complexity index is 1820. The number of halogens is 3. The predicted molar refractivity (Wildman–Crippen MR) is 156 cm³/mol. The van der Waals surface area contributed by atoms with Gasteiger partial charge in [0.05, 0.1) is 18.3 Å². The van der Waals surface area contributed by atoms with E-state index < -0.39 is 23.4 Å². The van der Waals surface area contributed by atoms with Crippen LogP contribution in [0.4, 0.5) is 13.2 Å². The highest BCUT2D eigenvalue weighted by Gasteiger charge is 2.24. The van der Waals surface area contributed by atoms with Crippen molar-refractivity contribution >= 4 is 17.1 Å². The van der Waals surface area contributed by atoms with E-state index in [9.17, 15) is 14.3 Å². The van der Waals surface area contributed by atoms with Gasteiger partial charge in [-0.05, 0) is 60.9 Å². The maximum Gasteiger partial charge on any atom is 0.354 e. The van der Waals surface area contributed by atoms with Gasteiger partial charge in [0.2, 0.25) is 5.88 Å². The van der Waals surface area contributed by atoms with Crippen molar-refractivity contribution in [2.24, 2.45) is 0 Å². The summed E-state index contributed by atoms with van der Waals surface area (Å²) >= 11 is 0. The number of aromatic nitrogens is 5. The summed E-state index contributed by atoms with van der Waals surface area (Å²) in [6.45, 7) is 6.50. The summed E-state index contributed by atoms with van der Waals surface area (Å²) in [5, 5.41) is 9.38. The summed E-state index contributed by atoms with van der Waals surface area (Å²) in [6.07, 6.45) is 2.15. The molecule has 1 aliphatic rings. The first kappa shape index (κ1) is 30.6. The van der Waals surface area contributed by atoms with Crippen molar-refractivity contribution in [3.8, 4) is 17.1 Å². The Morgan fingerprint density at radius 2 is 1.84 bits per heavy atom. The zero-order valence-corrected chi connectivity index (χ0v) is 24.4. The highest BCUT2D eigenvalue weighted by molar-refractivity contribution is 5.88. The van der Waals surface area contributed by atoms with Crippen LogP contribution in [0.2, 0.25) is 0 Å². The molecule has 1 aromatic carbocycles. The fourth-order valence-electron chi connectivity index (χ4n) is 4.67. The van der Waals surface area contributed by atoms with Crippen LogP contribution in [0, 0.1) is 24.4 Å². The normalized spacial score (nSPS) is 14.1. The van der Waals surface area contributed by atoms with Gasteiger partial charge in [-0.1, -0.05) is 19.9 Å². The van der Waals surface area contributed by atoms with Crippen molar-refractivity contribution in [1.82, 2.24) is 24.5 Å². The molecule has 0 saturated carbocycles. The van der Waals surface area contributed by atoms with E-state index in [1.165, 1.54) is 36.5 Å². The lowest BCUT2D eigenvalue weighted by Gasteiger charge is -2.27. The minimum absolute atomic E-state index is 0.0501. The van der Waals surface area contributed by atoms with Crippen molar-refractivity contribution in [2.75, 3.05) is 6.61 Å². The van der Waals surface area contributed by atoms with Crippen molar-refractivity contribution in [3.05, 3.63) is 101 Å². The Morgan fingerprint density at radius 1 is 1.05 bits per heavy atom. The van der Waals surface area contributed by atoms with Gasteiger partial charge in [-0.15, -0.1) is 0 Å². The van der Waals surface area contributed by atoms with Gasteiger partial charge < -0.3 is 19.1 Å². The molecule has 9 nitrogen and oxygen atoms in total. The molecule has 1 unspecified atom stereocenters. The van der Waals surface area contributed by atoms with E-state index in [2.05, 4.69) is 19.9 Å². The summed E-state index contributed by atoms with van der Waals surface area (Å²) in [5.74, 6) is -2.59. The first-order chi connectivity index (χ1) is 21.2. The molecule has 1 fully saturated rings. The molecule has 6 rings (SSSR count). The van der Waals surface area contributed by atoms with Crippen LogP contribution in [-0.4, -0.2) is 48.3 Å². The molecule has 5 aromatic rings. The van der Waals surface area contributed by atoms with Gasteiger partial charge in [0.15, 0.2) is 11.3 Å². The Morgan fingerprint density at radius 3 is 2.55 bits per heavy atom. The van der Waals surface area contributed by atoms with Crippen molar-refractivity contribution < 1.29 is 32.5 Å². The highest BCUT2D eigenvalue weighted by atomic mass is 19.1. The second kappa shape index (κ2) is 13.2. The second-order valence-electron chi connectivity index (χ2n) is 9.96. The number of benzene rings is 1. The van der Waals surface area contributed by atoms with Gasteiger partial charge in [-0.2, -0.15) is 0 Å². The molecule has 4 aromatic heterocycles. The third kappa shape index (κ3) is 6.55. The zero-order chi connectivity index (χ0) is 31.4. The van der Waals surface area contributed by atoms with Crippen LogP contribution in [0.3, 0.4) is 0 Å². The van der Waals surface area contributed by atoms with E-state index in [4.69, 9.17) is 9.47 Å². The third-order valence-electron chi connectivity index (χ3n) is 6.96. The average molecular weight is 606 g/mol. The van der Waals surface area contributed by atoms with Crippen molar-refractivity contribution in [1.29, 1.82) is 0 Å². The fourth-order valence-corrected chi connectivity index (χ4v) is 4.67. The van der Waals surface area contributed by atoms with Crippen LogP contribution in [0.5, 0.6) is 5.88 Å². The van der Waals surface area contributed by atoms with Gasteiger partial charge in [0.25, 0.3) is 0 Å². The number of rotatable bonds is 9. The van der Waals surface area contributed by atoms with Gasteiger partial charge in [0, 0.05) is 30.9 Å². The summed E-state index contributed by atoms with van der Waals surface area (Å²) in [4.78, 5) is 28.5. The predicted octanol–water partition coefficient (Wildman–Crippen LogP) is 6.30. The van der Waals surface area contributed by atoms with Crippen LogP contribution in [0.15, 0.2) is 54.7 Å². The quantitative estimate of drug-likeness (QED) is 0.208. The number of aromatic carboxylic acids is 1. The number of aryl methyl sites for hydroxylation is 1. The van der Waals surface area contributed by atoms with Crippen molar-refractivity contribution in [3.63, 3.8) is 0 Å². The molecule has 0 radical (unpaired) electrons. The Labute approximate surface area is 251 Å². The van der Waals surface area contributed by atoms with Crippen LogP contribution >= 0.6 is 0 Å². The molecule has 1 N–H and O–H groups in total. The molecule has 44 heavy (non-hydrogen) atoms. The maximum absolute atomic E-state index is 15.4. The molecular formula is C32H30F3N5O4. The molecule has 228 valence electrons. The summed E-state index contributed by atoms with van der Waals surface area (Å²) in [5.41, 5.74) is 1.50. The molecular weight excluding hydrogens is 575 g/mol. The number of fused-ring (bicyclic) bond motifs is 1. The lowest BCUT2D eigenvalue weighted by molar-refractivity contribution is -0.0590. The lowest BCUT2D eigenvalue weighted by Crippen LogP contribution is -2.32. The number of imidazole rings is 1. The smallest absolute Gasteiger partial charge is 0.354 e. The van der Waals surface area contributed by atoms with Crippen LogP contribution < -0.4 is 4.74 Å². The lowest BCUT2D eigenvalue weighted by atomic mass is 10.0. The average Bonchev–Trinajstić information content (AvgIpc) is 3.33. The molecule has 0 spiro atoms. The fraction of sp³-hybridized carbons (Fsp3) is 0.281. The van der Waals surface area contributed by atoms with Crippen LogP contribution in [0.25, 0.3) is 22.4 Å². The largest absolute Gasteiger partial charge is 0.477 e. The minimum Gasteiger partial charge on any atom is -0.477 e. The zero-order valence-electron chi connectivity index (χ0n) is 24.4. The summed E-state index contributed by atoms with van der Waals surface area (Å²) < 4.78 is 57.7. The van der Waals surface area contributed by atoms with E-state index in [-0.39, 0.29) is 53.2 Å². The van der Waals surface area contributed by atoms with E-state index in [1.807, 2.05) is 13.8 Å². The van der Waals surface area contributed by atoms with Gasteiger partial charge in [-0.25, -0.2) is 32.9 Å². The SMILES string of the molecule is CC.Cc1cnc(COc2cccc(-c3cc(F)c(Cc4nc5ccc(C(=O)O)nc5n4CC4CCO4)cc3F)n2)c(F)c1. The standard InChI is InChI=1S/C30H24F3N5O4.C2H6/c1-16-9-22(33)26(34-13-16)15-42-28-4-2-3-23(36-28)19-12-20(31)17(10-21(19)32)11-27-35-24-5-6-25(30(39)40)37-29(24)38(27)14-18-7-8-41-18;1-2/h2-6,9-10,12-13,18H,7-8,11,14-15H2,1H3,(H,39,40);1-2H3. The topological polar surface area (TPSA) is 112 Å². The molecule has 5 heterocycles. The summed E-state index contributed by atoms with van der Waals surface area (Å²) in [6, 6.07) is 11.0. The summed E-state index contributed by atoms with van der Waals surface area (Å²) in [7, 11) is 0. The van der Waals surface area contributed by atoms with Crippen molar-refractivity contribution in [2.45, 2.75) is 52.9 Å². The van der Waals surface area contributed by atoms with Gasteiger partial charge >= 0.3 is 5.97 Å². The highest BCUT2D eigenvalue weighted by Crippen LogP contribution is 2.28. The van der Waals surface area contributed by atoms with E-state index in [0.29, 0.717) is 35.7 Å². The number of pyridine rings is 3. The van der Waals surface area contributed by atoms with Crippen LogP contribution in [0.1, 0.15) is 53.4 Å². The molecule has 1 saturated heterocycles. The Kier molecular flexibility index (Phi) is 9.19. The minimum atomic E-state index is -1.18. The number of carbonyl (C=O) groups is 1. The third-order valence-corrected chi connectivity index (χ3v) is 6.96. The first-order valence-electron chi connectivity index (χ1n) is 14.2. The molecule has 0 bridgehead atoms. The number of nitrogens with zero attached hydrogens (tertiary/aromatic N) is 5. The maximum atomic E-state index is 15.4. The van der Waals surface area contributed by atoms with E-state index in [0.717, 1.165) is 18.6 Å². The first-order valence-corrected chi connectivity index (χ1v) is 14.2. The molecule has 1 aliphatic heterocycles. The van der Waals surface area contributed by atoms with E-state index >= 15 is 8.78 Å². The molecule has 0 amide bonds.